The lowest BCUT2D eigenvalue weighted by atomic mass is 9.91. The third-order valence-electron chi connectivity index (χ3n) is 7.12. The predicted octanol–water partition coefficient (Wildman–Crippen LogP) is 2.48. The number of halogens is 2. The topological polar surface area (TPSA) is 79.0 Å². The number of alkyl halides is 2. The minimum absolute atomic E-state index is 0.0352. The van der Waals surface area contributed by atoms with Crippen molar-refractivity contribution in [3.8, 4) is 5.75 Å². The van der Waals surface area contributed by atoms with Gasteiger partial charge in [-0.15, -0.1) is 0 Å². The van der Waals surface area contributed by atoms with E-state index in [0.717, 1.165) is 31.2 Å². The van der Waals surface area contributed by atoms with Crippen LogP contribution in [0.25, 0.3) is 0 Å². The third kappa shape index (κ3) is 3.98. The van der Waals surface area contributed by atoms with Crippen molar-refractivity contribution in [2.75, 3.05) is 13.1 Å². The van der Waals surface area contributed by atoms with Crippen LogP contribution < -0.4 is 10.1 Å². The number of likely N-dealkylation sites (tertiary alicyclic amines) is 1. The summed E-state index contributed by atoms with van der Waals surface area (Å²) >= 11 is 0. The Balaban J connectivity index is 1.29. The first-order chi connectivity index (χ1) is 15.3. The van der Waals surface area contributed by atoms with E-state index in [9.17, 15) is 23.2 Å². The predicted molar refractivity (Wildman–Crippen MR) is 110 cm³/mol. The van der Waals surface area contributed by atoms with E-state index < -0.39 is 17.9 Å². The number of benzene rings is 1. The second-order valence-electron chi connectivity index (χ2n) is 9.30. The molecule has 0 radical (unpaired) electrons. The van der Waals surface area contributed by atoms with Crippen LogP contribution in [0.3, 0.4) is 0 Å². The van der Waals surface area contributed by atoms with Crippen LogP contribution >= 0.6 is 0 Å². The van der Waals surface area contributed by atoms with E-state index in [1.165, 1.54) is 4.90 Å². The largest absolute Gasteiger partial charge is 0.489 e. The first kappa shape index (κ1) is 21.3. The van der Waals surface area contributed by atoms with E-state index in [1.54, 1.807) is 12.1 Å². The molecule has 0 bridgehead atoms. The first-order valence-corrected chi connectivity index (χ1v) is 11.4. The Kier molecular flexibility index (Phi) is 5.39. The Morgan fingerprint density at radius 2 is 1.91 bits per heavy atom. The van der Waals surface area contributed by atoms with Crippen molar-refractivity contribution < 1.29 is 27.9 Å². The molecule has 3 fully saturated rings. The summed E-state index contributed by atoms with van der Waals surface area (Å²) in [6, 6.07) is 4.59. The molecule has 0 spiro atoms. The van der Waals surface area contributed by atoms with E-state index >= 15 is 0 Å². The van der Waals surface area contributed by atoms with Crippen molar-refractivity contribution >= 4 is 17.7 Å². The second-order valence-corrected chi connectivity index (χ2v) is 9.30. The highest BCUT2D eigenvalue weighted by molar-refractivity contribution is 6.05. The minimum Gasteiger partial charge on any atom is -0.489 e. The van der Waals surface area contributed by atoms with E-state index in [2.05, 4.69) is 5.32 Å². The molecule has 3 heterocycles. The summed E-state index contributed by atoms with van der Waals surface area (Å²) in [7, 11) is 0. The van der Waals surface area contributed by atoms with Crippen LogP contribution in [0.1, 0.15) is 60.9 Å². The zero-order valence-electron chi connectivity index (χ0n) is 17.8. The highest BCUT2D eigenvalue weighted by Crippen LogP contribution is 2.36. The van der Waals surface area contributed by atoms with Crippen molar-refractivity contribution in [3.63, 3.8) is 0 Å². The lowest BCUT2D eigenvalue weighted by Gasteiger charge is -2.37. The first-order valence-electron chi connectivity index (χ1n) is 11.4. The summed E-state index contributed by atoms with van der Waals surface area (Å²) in [6.45, 7) is 0.457. The number of piperidine rings is 1. The number of amides is 3. The molecule has 2 unspecified atom stereocenters. The van der Waals surface area contributed by atoms with Crippen molar-refractivity contribution in [1.29, 1.82) is 0 Å². The van der Waals surface area contributed by atoms with Crippen molar-refractivity contribution in [2.24, 2.45) is 0 Å². The second kappa shape index (κ2) is 8.10. The van der Waals surface area contributed by atoms with Gasteiger partial charge >= 0.3 is 0 Å². The van der Waals surface area contributed by atoms with Gasteiger partial charge in [0.2, 0.25) is 11.8 Å². The van der Waals surface area contributed by atoms with Gasteiger partial charge < -0.3 is 9.64 Å². The molecule has 1 aromatic rings. The molecular formula is C23H27F2N3O4. The Labute approximate surface area is 185 Å². The van der Waals surface area contributed by atoms with Gasteiger partial charge in [-0.1, -0.05) is 6.42 Å². The van der Waals surface area contributed by atoms with Crippen LogP contribution in [0.15, 0.2) is 18.2 Å². The van der Waals surface area contributed by atoms with E-state index in [-0.39, 0.29) is 49.9 Å². The molecule has 3 atom stereocenters. The summed E-state index contributed by atoms with van der Waals surface area (Å²) in [5, 5.41) is 2.30. The number of rotatable bonds is 4. The van der Waals surface area contributed by atoms with Crippen molar-refractivity contribution in [1.82, 2.24) is 15.1 Å². The number of fused-ring (bicyclic) bond motifs is 1. The maximum absolute atomic E-state index is 13.8. The SMILES string of the molecule is O=C1CCC(N2Cc3cc(OC4CCCC[C@H]4N4CCC(F)(F)C4)ccc3C2=O)C(=O)N1. The Morgan fingerprint density at radius 3 is 2.66 bits per heavy atom. The summed E-state index contributed by atoms with van der Waals surface area (Å²) in [4.78, 5) is 39.9. The fourth-order valence-corrected chi connectivity index (χ4v) is 5.48. The molecule has 3 aliphatic heterocycles. The third-order valence-corrected chi connectivity index (χ3v) is 7.12. The fraction of sp³-hybridized carbons (Fsp3) is 0.609. The quantitative estimate of drug-likeness (QED) is 0.718. The summed E-state index contributed by atoms with van der Waals surface area (Å²) < 4.78 is 33.8. The Bertz CT molecular complexity index is 953. The molecule has 2 saturated heterocycles. The van der Waals surface area contributed by atoms with Gasteiger partial charge in [-0.2, -0.15) is 0 Å². The zero-order chi connectivity index (χ0) is 22.5. The number of hydrogen-bond donors (Lipinski definition) is 1. The van der Waals surface area contributed by atoms with Crippen LogP contribution in [0.2, 0.25) is 0 Å². The molecule has 4 aliphatic rings. The standard InChI is InChI=1S/C23H27F2N3O4/c24-23(25)9-10-27(13-23)17-3-1-2-4-19(17)32-15-5-6-16-14(11-15)12-28(22(16)31)18-7-8-20(29)26-21(18)30/h5-6,11,17-19H,1-4,7-10,12-13H2,(H,26,29,30)/t17-,18?,19?/m1/s1. The molecule has 1 aliphatic carbocycles. The fourth-order valence-electron chi connectivity index (χ4n) is 5.48. The van der Waals surface area contributed by atoms with Gasteiger partial charge in [-0.05, 0) is 49.4 Å². The Morgan fingerprint density at radius 1 is 1.09 bits per heavy atom. The smallest absolute Gasteiger partial charge is 0.261 e. The maximum Gasteiger partial charge on any atom is 0.261 e. The number of carbonyl (C=O) groups is 3. The van der Waals surface area contributed by atoms with Crippen molar-refractivity contribution in [3.05, 3.63) is 29.3 Å². The highest BCUT2D eigenvalue weighted by atomic mass is 19.3. The number of hydrogen-bond acceptors (Lipinski definition) is 5. The van der Waals surface area contributed by atoms with Gasteiger partial charge in [0.1, 0.15) is 17.9 Å². The summed E-state index contributed by atoms with van der Waals surface area (Å²) in [6.07, 6.45) is 3.91. The van der Waals surface area contributed by atoms with Crippen LogP contribution in [-0.2, 0) is 16.1 Å². The van der Waals surface area contributed by atoms with E-state index in [1.807, 2.05) is 11.0 Å². The van der Waals surface area contributed by atoms with Crippen LogP contribution in [0.4, 0.5) is 8.78 Å². The molecule has 1 N–H and O–H groups in total. The molecule has 172 valence electrons. The van der Waals surface area contributed by atoms with Crippen LogP contribution in [-0.4, -0.2) is 64.7 Å². The zero-order valence-corrected chi connectivity index (χ0v) is 17.8. The average Bonchev–Trinajstić information content (AvgIpc) is 3.27. The number of ether oxygens (including phenoxy) is 1. The molecule has 32 heavy (non-hydrogen) atoms. The summed E-state index contributed by atoms with van der Waals surface area (Å²) in [5.74, 6) is -2.99. The maximum atomic E-state index is 13.8. The number of carbonyl (C=O) groups excluding carboxylic acids is 3. The van der Waals surface area contributed by atoms with E-state index in [4.69, 9.17) is 4.74 Å². The van der Waals surface area contributed by atoms with Crippen LogP contribution in [0, 0.1) is 0 Å². The molecule has 5 rings (SSSR count). The molecule has 7 nitrogen and oxygen atoms in total. The molecule has 0 aromatic heterocycles. The number of nitrogens with zero attached hydrogens (tertiary/aromatic N) is 2. The molecular weight excluding hydrogens is 420 g/mol. The highest BCUT2D eigenvalue weighted by Gasteiger charge is 2.44. The molecule has 9 heteroatoms. The van der Waals surface area contributed by atoms with Gasteiger partial charge in [0, 0.05) is 37.5 Å². The van der Waals surface area contributed by atoms with Gasteiger partial charge in [0.05, 0.1) is 6.54 Å². The lowest BCUT2D eigenvalue weighted by Crippen LogP contribution is -2.52. The summed E-state index contributed by atoms with van der Waals surface area (Å²) in [5.41, 5.74) is 1.30. The molecule has 1 saturated carbocycles. The monoisotopic (exact) mass is 447 g/mol. The molecule has 3 amide bonds. The van der Waals surface area contributed by atoms with Crippen LogP contribution in [0.5, 0.6) is 5.75 Å². The number of imide groups is 1. The van der Waals surface area contributed by atoms with Gasteiger partial charge in [-0.25, -0.2) is 8.78 Å². The van der Waals surface area contributed by atoms with Gasteiger partial charge in [0.15, 0.2) is 0 Å². The van der Waals surface area contributed by atoms with Crippen molar-refractivity contribution in [2.45, 2.75) is 75.6 Å². The number of nitrogens with one attached hydrogen (secondary N) is 1. The van der Waals surface area contributed by atoms with E-state index in [0.29, 0.717) is 24.3 Å². The normalized spacial score (nSPS) is 30.4. The van der Waals surface area contributed by atoms with Gasteiger partial charge in [0.25, 0.3) is 11.8 Å². The molecule has 1 aromatic carbocycles. The average molecular weight is 447 g/mol. The Hall–Kier alpha value is -2.55. The minimum atomic E-state index is -2.63. The lowest BCUT2D eigenvalue weighted by molar-refractivity contribution is -0.136. The van der Waals surface area contributed by atoms with Gasteiger partial charge in [-0.3, -0.25) is 24.6 Å².